The second-order valence-corrected chi connectivity index (χ2v) is 7.32. The number of piperazine rings is 1. The van der Waals surface area contributed by atoms with Crippen LogP contribution in [0.1, 0.15) is 21.5 Å². The molecule has 1 aliphatic heterocycles. The summed E-state index contributed by atoms with van der Waals surface area (Å²) < 4.78 is 0. The van der Waals surface area contributed by atoms with Crippen molar-refractivity contribution in [1.29, 1.82) is 0 Å². The molecule has 30 heavy (non-hydrogen) atoms. The van der Waals surface area contributed by atoms with Crippen molar-refractivity contribution in [3.63, 3.8) is 0 Å². The molecule has 1 saturated heterocycles. The van der Waals surface area contributed by atoms with E-state index in [-0.39, 0.29) is 5.88 Å². The van der Waals surface area contributed by atoms with E-state index >= 15 is 0 Å². The second kappa shape index (κ2) is 8.92. The highest BCUT2D eigenvalue weighted by molar-refractivity contribution is 5.94. The van der Waals surface area contributed by atoms with Crippen molar-refractivity contribution >= 4 is 22.5 Å². The molecule has 2 aromatic carbocycles. The van der Waals surface area contributed by atoms with E-state index in [1.165, 1.54) is 0 Å². The number of amides is 1. The predicted octanol–water partition coefficient (Wildman–Crippen LogP) is 3.10. The maximum atomic E-state index is 12.4. The first-order valence-electron chi connectivity index (χ1n) is 9.87. The SMILES string of the molecule is Cc1cc(O)nc2ccc(N=[N+]=NC(=O)c3cccc(CN4CCNCC4)c3)cc12. The maximum absolute atomic E-state index is 12.4. The van der Waals surface area contributed by atoms with Crippen LogP contribution >= 0.6 is 0 Å². The van der Waals surface area contributed by atoms with Crippen LogP contribution in [0.25, 0.3) is 10.9 Å². The van der Waals surface area contributed by atoms with Gasteiger partial charge < -0.3 is 10.4 Å². The molecule has 1 aromatic heterocycles. The first-order chi connectivity index (χ1) is 14.6. The lowest BCUT2D eigenvalue weighted by Gasteiger charge is -2.27. The summed E-state index contributed by atoms with van der Waals surface area (Å²) in [6, 6.07) is 14.3. The summed E-state index contributed by atoms with van der Waals surface area (Å²) in [5, 5.41) is 21.6. The number of pyridine rings is 1. The standard InChI is InChI=1S/C22H22N6O2/c1-15-11-21(29)24-20-6-5-18(13-19(15)20)25-27-26-22(30)17-4-2-3-16(12-17)14-28-9-7-23-8-10-28/h2-6,11-13,23H,7-10,14H2,1H3/p+1. The minimum atomic E-state index is -0.426. The zero-order chi connectivity index (χ0) is 20.9. The molecule has 0 unspecified atom stereocenters. The summed E-state index contributed by atoms with van der Waals surface area (Å²) in [7, 11) is 0. The van der Waals surface area contributed by atoms with E-state index in [0.29, 0.717) is 16.8 Å². The van der Waals surface area contributed by atoms with Gasteiger partial charge in [0, 0.05) is 49.7 Å². The van der Waals surface area contributed by atoms with E-state index in [4.69, 9.17) is 0 Å². The summed E-state index contributed by atoms with van der Waals surface area (Å²) in [5.74, 6) is -0.446. The molecule has 0 atom stereocenters. The van der Waals surface area contributed by atoms with Crippen LogP contribution in [0.3, 0.4) is 0 Å². The number of hydrogen-bond acceptors (Lipinski definition) is 6. The molecule has 1 aliphatic rings. The Balaban J connectivity index is 1.48. The number of aromatic nitrogens is 1. The van der Waals surface area contributed by atoms with Crippen LogP contribution in [0, 0.1) is 6.92 Å². The molecule has 4 rings (SSSR count). The Labute approximate surface area is 174 Å². The van der Waals surface area contributed by atoms with E-state index in [1.54, 1.807) is 30.3 Å². The molecule has 1 fully saturated rings. The number of aromatic hydroxyl groups is 1. The lowest BCUT2D eigenvalue weighted by atomic mass is 10.1. The summed E-state index contributed by atoms with van der Waals surface area (Å²) in [5.41, 5.74) is 3.68. The van der Waals surface area contributed by atoms with Gasteiger partial charge in [0.15, 0.2) is 10.8 Å². The summed E-state index contributed by atoms with van der Waals surface area (Å²) in [6.45, 7) is 6.66. The Hall–Kier alpha value is -3.45. The molecule has 1 amide bonds. The molecule has 0 spiro atoms. The Morgan fingerprint density at radius 2 is 2.03 bits per heavy atom. The fourth-order valence-electron chi connectivity index (χ4n) is 3.53. The molecular formula is C22H23N6O2+. The minimum Gasteiger partial charge on any atom is -0.493 e. The van der Waals surface area contributed by atoms with Crippen LogP contribution in [0.4, 0.5) is 5.69 Å². The Kier molecular flexibility index (Phi) is 5.90. The highest BCUT2D eigenvalue weighted by Crippen LogP contribution is 2.25. The van der Waals surface area contributed by atoms with Crippen molar-refractivity contribution in [2.75, 3.05) is 26.2 Å². The number of aryl methyl sites for hydroxylation is 1. The van der Waals surface area contributed by atoms with Crippen molar-refractivity contribution in [3.8, 4) is 5.88 Å². The molecule has 0 saturated carbocycles. The zero-order valence-electron chi connectivity index (χ0n) is 16.7. The third kappa shape index (κ3) is 4.75. The average Bonchev–Trinajstić information content (AvgIpc) is 2.75. The number of hydrogen-bond donors (Lipinski definition) is 2. The topological polar surface area (TPSA) is 104 Å². The second-order valence-electron chi connectivity index (χ2n) is 7.32. The number of benzene rings is 2. The summed E-state index contributed by atoms with van der Waals surface area (Å²) in [4.78, 5) is 22.6. The number of nitrogens with one attached hydrogen (secondary N) is 1. The monoisotopic (exact) mass is 403 g/mol. The predicted molar refractivity (Wildman–Crippen MR) is 114 cm³/mol. The average molecular weight is 403 g/mol. The van der Waals surface area contributed by atoms with Gasteiger partial charge in [-0.2, -0.15) is 0 Å². The Bertz CT molecular complexity index is 1150. The first-order valence-corrected chi connectivity index (χ1v) is 9.87. The fraction of sp³-hybridized carbons (Fsp3) is 0.273. The van der Waals surface area contributed by atoms with Crippen LogP contribution in [0.15, 0.2) is 58.8 Å². The third-order valence-electron chi connectivity index (χ3n) is 5.07. The highest BCUT2D eigenvalue weighted by atomic mass is 16.3. The first kappa shape index (κ1) is 19.8. The molecule has 0 radical (unpaired) electrons. The van der Waals surface area contributed by atoms with Crippen molar-refractivity contribution in [2.24, 2.45) is 10.2 Å². The van der Waals surface area contributed by atoms with Gasteiger partial charge in [-0.15, -0.1) is 0 Å². The maximum Gasteiger partial charge on any atom is 0.360 e. The fourth-order valence-corrected chi connectivity index (χ4v) is 3.53. The van der Waals surface area contributed by atoms with Crippen LogP contribution in [0.2, 0.25) is 0 Å². The molecule has 3 aromatic rings. The van der Waals surface area contributed by atoms with Gasteiger partial charge in [0.2, 0.25) is 15.9 Å². The lowest BCUT2D eigenvalue weighted by Crippen LogP contribution is -2.42. The lowest BCUT2D eigenvalue weighted by molar-refractivity contribution is 0.0992. The van der Waals surface area contributed by atoms with Crippen molar-refractivity contribution < 1.29 is 9.90 Å². The van der Waals surface area contributed by atoms with Crippen molar-refractivity contribution in [3.05, 3.63) is 65.2 Å². The number of nitrogens with zero attached hydrogens (tertiary/aromatic N) is 5. The van der Waals surface area contributed by atoms with E-state index in [0.717, 1.165) is 49.2 Å². The van der Waals surface area contributed by atoms with Crippen LogP contribution in [-0.2, 0) is 6.54 Å². The molecule has 2 heterocycles. The number of rotatable bonds is 4. The largest absolute Gasteiger partial charge is 0.493 e. The van der Waals surface area contributed by atoms with Crippen molar-refractivity contribution in [2.45, 2.75) is 13.5 Å². The van der Waals surface area contributed by atoms with E-state index < -0.39 is 5.91 Å². The van der Waals surface area contributed by atoms with E-state index in [9.17, 15) is 9.90 Å². The molecule has 2 N–H and O–H groups in total. The van der Waals surface area contributed by atoms with Gasteiger partial charge in [-0.3, -0.25) is 9.69 Å². The van der Waals surface area contributed by atoms with Gasteiger partial charge in [0.25, 0.3) is 0 Å². The third-order valence-corrected chi connectivity index (χ3v) is 5.07. The van der Waals surface area contributed by atoms with Gasteiger partial charge in [-0.1, -0.05) is 12.1 Å². The zero-order valence-corrected chi connectivity index (χ0v) is 16.7. The quantitative estimate of drug-likeness (QED) is 0.515. The smallest absolute Gasteiger partial charge is 0.360 e. The summed E-state index contributed by atoms with van der Waals surface area (Å²) >= 11 is 0. The molecule has 0 aliphatic carbocycles. The summed E-state index contributed by atoms with van der Waals surface area (Å²) in [6.07, 6.45) is 0. The van der Waals surface area contributed by atoms with E-state index in [2.05, 4.69) is 30.3 Å². The van der Waals surface area contributed by atoms with Gasteiger partial charge in [-0.05, 0) is 48.4 Å². The highest BCUT2D eigenvalue weighted by Gasteiger charge is 2.14. The van der Waals surface area contributed by atoms with Gasteiger partial charge in [0.1, 0.15) is 0 Å². The normalized spacial score (nSPS) is 14.3. The minimum absolute atomic E-state index is 0.0193. The van der Waals surface area contributed by atoms with Gasteiger partial charge in [-0.25, -0.2) is 4.98 Å². The van der Waals surface area contributed by atoms with Crippen LogP contribution < -0.4 is 10.2 Å². The number of carbonyl (C=O) groups excluding carboxylic acids is 1. The van der Waals surface area contributed by atoms with Gasteiger partial charge in [0.05, 0.1) is 5.52 Å². The molecule has 8 nitrogen and oxygen atoms in total. The number of fused-ring (bicyclic) bond motifs is 1. The molecule has 0 bridgehead atoms. The molecular weight excluding hydrogens is 380 g/mol. The van der Waals surface area contributed by atoms with Crippen LogP contribution in [0.5, 0.6) is 5.88 Å². The molecule has 152 valence electrons. The Morgan fingerprint density at radius 1 is 1.20 bits per heavy atom. The molecule has 8 heteroatoms. The van der Waals surface area contributed by atoms with Gasteiger partial charge >= 0.3 is 5.91 Å². The Morgan fingerprint density at radius 3 is 2.87 bits per heavy atom. The van der Waals surface area contributed by atoms with Crippen LogP contribution in [-0.4, -0.2) is 47.1 Å². The van der Waals surface area contributed by atoms with E-state index in [1.807, 2.05) is 25.1 Å². The van der Waals surface area contributed by atoms with Crippen molar-refractivity contribution in [1.82, 2.24) is 20.1 Å². The number of carbonyl (C=O) groups is 1.